The minimum atomic E-state index is -4.86. The van der Waals surface area contributed by atoms with E-state index in [1.54, 1.807) is 21.8 Å². The normalized spacial score (nSPS) is 28.4. The molecular formula is C26H37N4O5P. The van der Waals surface area contributed by atoms with Crippen LogP contribution in [0, 0.1) is 5.92 Å². The molecule has 4 atom stereocenters. The van der Waals surface area contributed by atoms with E-state index < -0.39 is 24.9 Å². The minimum Gasteiger partial charge on any atom is -0.308 e. The second-order valence-corrected chi connectivity index (χ2v) is 12.3. The summed E-state index contributed by atoms with van der Waals surface area (Å²) in [5, 5.41) is 1.62. The van der Waals surface area contributed by atoms with Crippen LogP contribution in [0.3, 0.4) is 0 Å². The van der Waals surface area contributed by atoms with Gasteiger partial charge in [-0.3, -0.25) is 19.6 Å². The Morgan fingerprint density at radius 3 is 2.39 bits per heavy atom. The molecule has 10 heteroatoms. The number of para-hydroxylation sites is 2. The third-order valence-electron chi connectivity index (χ3n) is 8.59. The topological polar surface area (TPSA) is 125 Å². The Kier molecular flexibility index (Phi) is 7.37. The van der Waals surface area contributed by atoms with Gasteiger partial charge in [0.05, 0.1) is 11.0 Å². The lowest BCUT2D eigenvalue weighted by molar-refractivity contribution is -0.0499. The number of aromatic nitrogens is 2. The second-order valence-electron chi connectivity index (χ2n) is 11.0. The summed E-state index contributed by atoms with van der Waals surface area (Å²) >= 11 is 0. The molecule has 2 aromatic rings. The summed E-state index contributed by atoms with van der Waals surface area (Å²) in [5.74, 6) is -0.621. The van der Waals surface area contributed by atoms with Crippen molar-refractivity contribution in [2.75, 3.05) is 0 Å². The molecule has 1 aromatic heterocycles. The summed E-state index contributed by atoms with van der Waals surface area (Å²) in [6.07, 6.45) is 13.0. The van der Waals surface area contributed by atoms with Crippen LogP contribution in [-0.2, 0) is 4.57 Å². The van der Waals surface area contributed by atoms with Crippen molar-refractivity contribution in [3.05, 3.63) is 40.3 Å². The van der Waals surface area contributed by atoms with E-state index in [0.717, 1.165) is 19.3 Å². The van der Waals surface area contributed by atoms with Crippen molar-refractivity contribution in [3.8, 4) is 0 Å². The van der Waals surface area contributed by atoms with Crippen LogP contribution in [0.5, 0.6) is 0 Å². The van der Waals surface area contributed by atoms with Crippen molar-refractivity contribution >= 4 is 24.7 Å². The lowest BCUT2D eigenvalue weighted by atomic mass is 9.74. The van der Waals surface area contributed by atoms with Gasteiger partial charge in [-0.15, -0.1) is 0 Å². The molecule has 5 rings (SSSR count). The zero-order chi connectivity index (χ0) is 25.4. The Balaban J connectivity index is 1.52. The van der Waals surface area contributed by atoms with Crippen molar-refractivity contribution in [1.29, 1.82) is 0 Å². The molecule has 0 unspecified atom stereocenters. The van der Waals surface area contributed by atoms with Crippen LogP contribution in [-0.4, -0.2) is 48.3 Å². The summed E-state index contributed by atoms with van der Waals surface area (Å²) in [5.41, 5.74) is 0.0615. The first-order valence-corrected chi connectivity index (χ1v) is 15.0. The maximum Gasteiger partial charge on any atom is 0.430 e. The monoisotopic (exact) mass is 516 g/mol. The number of hydrogen-bond donors (Lipinski definition) is 3. The highest BCUT2D eigenvalue weighted by Crippen LogP contribution is 2.44. The third kappa shape index (κ3) is 5.17. The van der Waals surface area contributed by atoms with Crippen LogP contribution in [0.15, 0.2) is 29.1 Å². The second kappa shape index (κ2) is 10.4. The lowest BCUT2D eigenvalue weighted by Crippen LogP contribution is -2.59. The van der Waals surface area contributed by atoms with Gasteiger partial charge in [0.15, 0.2) is 5.69 Å². The molecule has 2 bridgehead atoms. The van der Waals surface area contributed by atoms with Gasteiger partial charge < -0.3 is 14.4 Å². The number of amides is 1. The summed E-state index contributed by atoms with van der Waals surface area (Å²) in [4.78, 5) is 51.8. The van der Waals surface area contributed by atoms with Crippen LogP contribution < -0.4 is 10.6 Å². The Bertz CT molecular complexity index is 1220. The Morgan fingerprint density at radius 1 is 0.972 bits per heavy atom. The molecule has 36 heavy (non-hydrogen) atoms. The number of fused-ring (bicyclic) bond motifs is 3. The first-order valence-electron chi connectivity index (χ1n) is 13.4. The molecule has 1 amide bonds. The van der Waals surface area contributed by atoms with Gasteiger partial charge in [0.1, 0.15) is 0 Å². The molecule has 1 aromatic carbocycles. The van der Waals surface area contributed by atoms with Crippen LogP contribution >= 0.6 is 7.75 Å². The summed E-state index contributed by atoms with van der Waals surface area (Å²) < 4.78 is 13.1. The number of hydrogen-bond acceptors (Lipinski definition) is 5. The molecule has 2 aliphatic heterocycles. The fourth-order valence-electron chi connectivity index (χ4n) is 7.01. The molecule has 0 spiro atoms. The van der Waals surface area contributed by atoms with E-state index in [0.29, 0.717) is 35.1 Å². The van der Waals surface area contributed by atoms with E-state index in [1.807, 2.05) is 12.1 Å². The zero-order valence-electron chi connectivity index (χ0n) is 20.9. The quantitative estimate of drug-likeness (QED) is 0.522. The van der Waals surface area contributed by atoms with Crippen LogP contribution in [0.2, 0.25) is 0 Å². The van der Waals surface area contributed by atoms with E-state index in [2.05, 4.69) is 16.8 Å². The van der Waals surface area contributed by atoms with Crippen molar-refractivity contribution in [2.24, 2.45) is 5.92 Å². The summed E-state index contributed by atoms with van der Waals surface area (Å²) in [6.45, 7) is 2.32. The van der Waals surface area contributed by atoms with Crippen molar-refractivity contribution in [1.82, 2.24) is 19.5 Å². The molecule has 2 saturated heterocycles. The molecular weight excluding hydrogens is 479 g/mol. The lowest BCUT2D eigenvalue weighted by Gasteiger charge is -2.55. The molecule has 3 aliphatic rings. The number of nitrogens with zero attached hydrogens (tertiary/aromatic N) is 3. The summed E-state index contributed by atoms with van der Waals surface area (Å²) in [7, 11) is -4.86. The average Bonchev–Trinajstić information content (AvgIpc) is 2.79. The molecule has 3 N–H and O–H groups in total. The largest absolute Gasteiger partial charge is 0.430 e. The van der Waals surface area contributed by atoms with Gasteiger partial charge in [0, 0.05) is 24.2 Å². The molecule has 3 heterocycles. The summed E-state index contributed by atoms with van der Waals surface area (Å²) in [6, 6.07) is 8.46. The highest BCUT2D eigenvalue weighted by molar-refractivity contribution is 7.50. The van der Waals surface area contributed by atoms with Crippen LogP contribution in [0.25, 0.3) is 11.0 Å². The molecule has 0 radical (unpaired) electrons. The van der Waals surface area contributed by atoms with Gasteiger partial charge in [-0.1, -0.05) is 51.2 Å². The maximum atomic E-state index is 13.7. The molecule has 1 aliphatic carbocycles. The van der Waals surface area contributed by atoms with Gasteiger partial charge in [-0.05, 0) is 56.6 Å². The van der Waals surface area contributed by atoms with Gasteiger partial charge >= 0.3 is 7.75 Å². The SMILES string of the molecule is C[C@@H]1CC[C@H]2C[C@@H](n3c(=O)c(C(=O)NP(=O)(O)O)nc4ccccc43)C[C@@H]1N2C1CCCCCCC1. The number of carbonyl (C=O) groups excluding carboxylic acids is 1. The van der Waals surface area contributed by atoms with Gasteiger partial charge in [-0.2, -0.15) is 0 Å². The Hall–Kier alpha value is -2.06. The third-order valence-corrected chi connectivity index (χ3v) is 9.09. The fourth-order valence-corrected chi connectivity index (χ4v) is 7.38. The van der Waals surface area contributed by atoms with Crippen molar-refractivity contribution in [3.63, 3.8) is 0 Å². The van der Waals surface area contributed by atoms with Gasteiger partial charge in [-0.25, -0.2) is 9.55 Å². The zero-order valence-corrected chi connectivity index (χ0v) is 21.8. The first kappa shape index (κ1) is 25.6. The van der Waals surface area contributed by atoms with Crippen molar-refractivity contribution < 1.29 is 19.1 Å². The standard InChI is InChI=1S/C26H37N4O5P/c1-17-13-14-19-15-20(16-23(17)29(19)18-9-5-3-2-4-6-10-18)30-22-12-8-7-11-21(22)27-24(26(30)32)25(31)28-36(33,34)35/h7-8,11-12,17-20,23H,2-6,9-10,13-16H2,1H3,(H3,28,31,33,34,35)/t17-,19+,20-,23+/m1/s1. The minimum absolute atomic E-state index is 0.102. The maximum absolute atomic E-state index is 13.7. The first-order chi connectivity index (χ1) is 17.2. The van der Waals surface area contributed by atoms with Crippen molar-refractivity contribution in [2.45, 2.75) is 102 Å². The molecule has 196 valence electrons. The Morgan fingerprint density at radius 2 is 1.67 bits per heavy atom. The molecule has 9 nitrogen and oxygen atoms in total. The number of piperidine rings is 2. The van der Waals surface area contributed by atoms with Gasteiger partial charge in [0.2, 0.25) is 0 Å². The average molecular weight is 517 g/mol. The Labute approximate surface area is 211 Å². The van der Waals surface area contributed by atoms with Crippen LogP contribution in [0.1, 0.15) is 94.1 Å². The fraction of sp³-hybridized carbons (Fsp3) is 0.654. The highest BCUT2D eigenvalue weighted by atomic mass is 31.2. The van der Waals surface area contributed by atoms with Gasteiger partial charge in [0.25, 0.3) is 11.5 Å². The number of nitrogens with one attached hydrogen (secondary N) is 1. The van der Waals surface area contributed by atoms with E-state index in [1.165, 1.54) is 51.4 Å². The smallest absolute Gasteiger partial charge is 0.308 e. The number of rotatable bonds is 4. The number of benzene rings is 1. The van der Waals surface area contributed by atoms with E-state index in [-0.39, 0.29) is 6.04 Å². The van der Waals surface area contributed by atoms with Crippen LogP contribution in [0.4, 0.5) is 0 Å². The van der Waals surface area contributed by atoms with E-state index in [9.17, 15) is 23.9 Å². The van der Waals surface area contributed by atoms with E-state index >= 15 is 0 Å². The predicted octanol–water partition coefficient (Wildman–Crippen LogP) is 4.14. The predicted molar refractivity (Wildman–Crippen MR) is 138 cm³/mol. The molecule has 1 saturated carbocycles. The van der Waals surface area contributed by atoms with E-state index in [4.69, 9.17) is 0 Å². The molecule has 3 fully saturated rings. The highest BCUT2D eigenvalue weighted by Gasteiger charge is 2.45. The number of carbonyl (C=O) groups is 1.